The molecular weight excluding hydrogens is 420 g/mol. The van der Waals surface area contributed by atoms with Gasteiger partial charge in [-0.25, -0.2) is 15.0 Å². The van der Waals surface area contributed by atoms with Crippen LogP contribution in [0.15, 0.2) is 55.1 Å². The number of nitrogens with zero attached hydrogens (tertiary/aromatic N) is 6. The summed E-state index contributed by atoms with van der Waals surface area (Å²) >= 11 is 0. The van der Waals surface area contributed by atoms with Gasteiger partial charge in [0.25, 0.3) is 0 Å². The van der Waals surface area contributed by atoms with Crippen molar-refractivity contribution in [1.82, 2.24) is 29.8 Å². The van der Waals surface area contributed by atoms with E-state index in [2.05, 4.69) is 35.1 Å². The summed E-state index contributed by atoms with van der Waals surface area (Å²) in [7, 11) is 0. The summed E-state index contributed by atoms with van der Waals surface area (Å²) in [5, 5.41) is 4.01. The third kappa shape index (κ3) is 5.13. The molecule has 168 valence electrons. The Kier molecular flexibility index (Phi) is 6.18. The Morgan fingerprint density at radius 3 is 2.73 bits per heavy atom. The molecule has 3 N–H and O–H groups in total. The number of rotatable bonds is 7. The first kappa shape index (κ1) is 21.0. The summed E-state index contributed by atoms with van der Waals surface area (Å²) < 4.78 is 11.4. The van der Waals surface area contributed by atoms with Crippen LogP contribution in [0.5, 0.6) is 5.75 Å². The predicted octanol–water partition coefficient (Wildman–Crippen LogP) is 2.52. The molecule has 0 aliphatic carbocycles. The zero-order valence-corrected chi connectivity index (χ0v) is 18.0. The Labute approximate surface area is 190 Å². The molecule has 0 aromatic carbocycles. The molecule has 0 atom stereocenters. The molecule has 1 fully saturated rings. The highest BCUT2D eigenvalue weighted by Gasteiger charge is 2.13. The fourth-order valence-corrected chi connectivity index (χ4v) is 3.56. The number of hydrogen-bond donors (Lipinski definition) is 2. The molecule has 5 rings (SSSR count). The highest BCUT2D eigenvalue weighted by molar-refractivity contribution is 5.90. The molecule has 0 unspecified atom stereocenters. The normalized spacial score (nSPS) is 14.3. The lowest BCUT2D eigenvalue weighted by molar-refractivity contribution is 0.0322. The molecule has 4 aromatic heterocycles. The van der Waals surface area contributed by atoms with E-state index in [0.717, 1.165) is 49.7 Å². The van der Waals surface area contributed by atoms with Gasteiger partial charge in [-0.05, 0) is 24.3 Å². The van der Waals surface area contributed by atoms with E-state index in [9.17, 15) is 0 Å². The van der Waals surface area contributed by atoms with Crippen molar-refractivity contribution in [1.29, 1.82) is 0 Å². The first-order valence-corrected chi connectivity index (χ1v) is 10.7. The van der Waals surface area contributed by atoms with Crippen LogP contribution in [0.25, 0.3) is 22.3 Å². The number of morpholine rings is 1. The fraction of sp³-hybridized carbons (Fsp3) is 0.261. The Balaban J connectivity index is 1.36. The van der Waals surface area contributed by atoms with E-state index in [-0.39, 0.29) is 0 Å². The summed E-state index contributed by atoms with van der Waals surface area (Å²) in [6.07, 6.45) is 6.83. The standard InChI is InChI=1S/C23H24N8O2/c24-20-2-1-17(15-27-20)29-23-28-14-16-3-5-26-22(21(16)30-23)19-13-18(4-6-25-19)33-12-9-31-7-10-32-11-8-31/h1-6,13-15H,7-12H2,(H2,24,27)(H,28,29,30). The number of hydrogen-bond acceptors (Lipinski definition) is 10. The largest absolute Gasteiger partial charge is 0.492 e. The average molecular weight is 444 g/mol. The van der Waals surface area contributed by atoms with Crippen LogP contribution in [0, 0.1) is 0 Å². The van der Waals surface area contributed by atoms with Crippen molar-refractivity contribution >= 4 is 28.4 Å². The molecule has 0 amide bonds. The molecule has 33 heavy (non-hydrogen) atoms. The van der Waals surface area contributed by atoms with Crippen molar-refractivity contribution in [2.45, 2.75) is 0 Å². The zero-order chi connectivity index (χ0) is 22.5. The van der Waals surface area contributed by atoms with Crippen LogP contribution in [0.3, 0.4) is 0 Å². The lowest BCUT2D eigenvalue weighted by atomic mass is 10.2. The van der Waals surface area contributed by atoms with Gasteiger partial charge in [-0.2, -0.15) is 0 Å². The second-order valence-corrected chi connectivity index (χ2v) is 7.57. The molecule has 0 radical (unpaired) electrons. The van der Waals surface area contributed by atoms with Gasteiger partial charge < -0.3 is 20.5 Å². The molecule has 5 heterocycles. The van der Waals surface area contributed by atoms with E-state index >= 15 is 0 Å². The van der Waals surface area contributed by atoms with Gasteiger partial charge in [-0.3, -0.25) is 14.9 Å². The smallest absolute Gasteiger partial charge is 0.227 e. The predicted molar refractivity (Wildman–Crippen MR) is 125 cm³/mol. The van der Waals surface area contributed by atoms with E-state index in [1.54, 1.807) is 30.9 Å². The lowest BCUT2D eigenvalue weighted by Gasteiger charge is -2.26. The molecule has 4 aromatic rings. The van der Waals surface area contributed by atoms with E-state index in [1.165, 1.54) is 0 Å². The molecule has 0 bridgehead atoms. The number of pyridine rings is 3. The van der Waals surface area contributed by atoms with Gasteiger partial charge in [-0.1, -0.05) is 0 Å². The molecule has 1 aliphatic heterocycles. The van der Waals surface area contributed by atoms with Crippen LogP contribution in [-0.2, 0) is 4.74 Å². The zero-order valence-electron chi connectivity index (χ0n) is 18.0. The highest BCUT2D eigenvalue weighted by Crippen LogP contribution is 2.27. The quantitative estimate of drug-likeness (QED) is 0.439. The Morgan fingerprint density at radius 1 is 1.00 bits per heavy atom. The van der Waals surface area contributed by atoms with Crippen molar-refractivity contribution in [3.63, 3.8) is 0 Å². The van der Waals surface area contributed by atoms with Crippen molar-refractivity contribution in [2.75, 3.05) is 50.5 Å². The molecule has 1 aliphatic rings. The van der Waals surface area contributed by atoms with E-state index in [1.807, 2.05) is 24.3 Å². The number of fused-ring (bicyclic) bond motifs is 1. The van der Waals surface area contributed by atoms with Gasteiger partial charge in [0.05, 0.1) is 30.8 Å². The summed E-state index contributed by atoms with van der Waals surface area (Å²) in [6.45, 7) is 4.88. The second kappa shape index (κ2) is 9.72. The monoisotopic (exact) mass is 444 g/mol. The molecule has 0 spiro atoms. The molecular formula is C23H24N8O2. The summed E-state index contributed by atoms with van der Waals surface area (Å²) in [6, 6.07) is 9.14. The SMILES string of the molecule is Nc1ccc(Nc2ncc3ccnc(-c4cc(OCCN5CCOCC5)ccn4)c3n2)cn1. The number of nitrogens with one attached hydrogen (secondary N) is 1. The number of nitrogens with two attached hydrogens (primary N) is 1. The minimum absolute atomic E-state index is 0.432. The van der Waals surface area contributed by atoms with Crippen LogP contribution in [0.1, 0.15) is 0 Å². The first-order chi connectivity index (χ1) is 16.2. The van der Waals surface area contributed by atoms with Gasteiger partial charge in [-0.15, -0.1) is 0 Å². The maximum Gasteiger partial charge on any atom is 0.227 e. The van der Waals surface area contributed by atoms with Crippen LogP contribution in [-0.4, -0.2) is 69.3 Å². The maximum atomic E-state index is 5.98. The number of ether oxygens (including phenoxy) is 2. The van der Waals surface area contributed by atoms with Gasteiger partial charge >= 0.3 is 0 Å². The fourth-order valence-electron chi connectivity index (χ4n) is 3.56. The van der Waals surface area contributed by atoms with Gasteiger partial charge in [0.1, 0.15) is 29.4 Å². The van der Waals surface area contributed by atoms with Crippen LogP contribution in [0.2, 0.25) is 0 Å². The Hall–Kier alpha value is -3.89. The van der Waals surface area contributed by atoms with Gasteiger partial charge in [0, 0.05) is 49.7 Å². The van der Waals surface area contributed by atoms with Crippen molar-refractivity contribution < 1.29 is 9.47 Å². The Morgan fingerprint density at radius 2 is 1.88 bits per heavy atom. The van der Waals surface area contributed by atoms with Crippen LogP contribution >= 0.6 is 0 Å². The van der Waals surface area contributed by atoms with Crippen LogP contribution < -0.4 is 15.8 Å². The van der Waals surface area contributed by atoms with E-state index < -0.39 is 0 Å². The maximum absolute atomic E-state index is 5.98. The van der Waals surface area contributed by atoms with Crippen molar-refractivity contribution in [3.05, 3.63) is 55.1 Å². The molecule has 0 saturated carbocycles. The number of aromatic nitrogens is 5. The average Bonchev–Trinajstić information content (AvgIpc) is 2.86. The molecule has 10 nitrogen and oxygen atoms in total. The second-order valence-electron chi connectivity index (χ2n) is 7.57. The lowest BCUT2D eigenvalue weighted by Crippen LogP contribution is -2.38. The van der Waals surface area contributed by atoms with E-state index in [0.29, 0.717) is 35.3 Å². The molecule has 1 saturated heterocycles. The third-order valence-corrected chi connectivity index (χ3v) is 5.30. The van der Waals surface area contributed by atoms with Gasteiger partial charge in [0.15, 0.2) is 0 Å². The van der Waals surface area contributed by atoms with Crippen LogP contribution in [0.4, 0.5) is 17.5 Å². The Bertz CT molecular complexity index is 1230. The number of anilines is 3. The van der Waals surface area contributed by atoms with Crippen molar-refractivity contribution in [2.24, 2.45) is 0 Å². The van der Waals surface area contributed by atoms with Gasteiger partial charge in [0.2, 0.25) is 5.95 Å². The minimum atomic E-state index is 0.432. The summed E-state index contributed by atoms with van der Waals surface area (Å²) in [5.41, 5.74) is 8.43. The first-order valence-electron chi connectivity index (χ1n) is 10.7. The number of nitrogen functional groups attached to an aromatic ring is 1. The molecule has 10 heteroatoms. The summed E-state index contributed by atoms with van der Waals surface area (Å²) in [4.78, 5) is 24.5. The summed E-state index contributed by atoms with van der Waals surface area (Å²) in [5.74, 6) is 1.62. The third-order valence-electron chi connectivity index (χ3n) is 5.30. The van der Waals surface area contributed by atoms with Crippen molar-refractivity contribution in [3.8, 4) is 17.1 Å². The minimum Gasteiger partial charge on any atom is -0.492 e. The highest BCUT2D eigenvalue weighted by atomic mass is 16.5. The topological polar surface area (TPSA) is 124 Å². The van der Waals surface area contributed by atoms with E-state index in [4.69, 9.17) is 15.2 Å².